The van der Waals surface area contributed by atoms with Crippen molar-refractivity contribution < 1.29 is 14.7 Å². The highest BCUT2D eigenvalue weighted by Gasteiger charge is 2.17. The highest BCUT2D eigenvalue weighted by Crippen LogP contribution is 2.38. The standard InChI is InChI=1S/C23H22N4O3S/c24-23(25)27-18-8-6-16(7-9-18)22(30)26-17-10-12-19(13-11-17)31-20(14-21(28)29)15-4-2-1-3-5-15/h1-13,20H,14H2,(H,26,30)(H,28,29)(H4,24,25,27). The van der Waals surface area contributed by atoms with E-state index in [9.17, 15) is 14.7 Å². The summed E-state index contributed by atoms with van der Waals surface area (Å²) in [5.41, 5.74) is 13.3. The number of carboxylic acid groups (broad SMARTS) is 1. The Kier molecular flexibility index (Phi) is 7.29. The summed E-state index contributed by atoms with van der Waals surface area (Å²) < 4.78 is 0. The van der Waals surface area contributed by atoms with Crippen LogP contribution in [0.2, 0.25) is 0 Å². The van der Waals surface area contributed by atoms with Crippen molar-refractivity contribution in [2.75, 3.05) is 5.32 Å². The van der Waals surface area contributed by atoms with E-state index in [0.29, 0.717) is 16.9 Å². The SMILES string of the molecule is NC(N)=Nc1ccc(C(=O)Nc2ccc(SC(CC(=O)O)c3ccccc3)cc2)cc1. The molecule has 3 rings (SSSR count). The van der Waals surface area contributed by atoms with Gasteiger partial charge in [-0.25, -0.2) is 4.99 Å². The number of carbonyl (C=O) groups is 2. The minimum atomic E-state index is -0.851. The van der Waals surface area contributed by atoms with Crippen LogP contribution < -0.4 is 16.8 Å². The monoisotopic (exact) mass is 434 g/mol. The second-order valence-corrected chi connectivity index (χ2v) is 7.95. The molecule has 0 saturated heterocycles. The van der Waals surface area contributed by atoms with Gasteiger partial charge in [-0.2, -0.15) is 0 Å². The molecule has 0 spiro atoms. The molecule has 0 bridgehead atoms. The maximum Gasteiger partial charge on any atom is 0.304 e. The van der Waals surface area contributed by atoms with Crippen molar-refractivity contribution in [2.24, 2.45) is 16.5 Å². The summed E-state index contributed by atoms with van der Waals surface area (Å²) in [7, 11) is 0. The van der Waals surface area contributed by atoms with E-state index in [0.717, 1.165) is 10.5 Å². The molecule has 1 atom stereocenters. The van der Waals surface area contributed by atoms with E-state index >= 15 is 0 Å². The minimum Gasteiger partial charge on any atom is -0.481 e. The van der Waals surface area contributed by atoms with Gasteiger partial charge in [0.25, 0.3) is 5.91 Å². The fourth-order valence-electron chi connectivity index (χ4n) is 2.87. The van der Waals surface area contributed by atoms with Gasteiger partial charge in [0.05, 0.1) is 12.1 Å². The van der Waals surface area contributed by atoms with Crippen LogP contribution in [0.3, 0.4) is 0 Å². The molecule has 7 nitrogen and oxygen atoms in total. The number of hydrogen-bond acceptors (Lipinski definition) is 4. The summed E-state index contributed by atoms with van der Waals surface area (Å²) in [6, 6.07) is 23.4. The second kappa shape index (κ2) is 10.3. The molecule has 31 heavy (non-hydrogen) atoms. The number of carbonyl (C=O) groups excluding carboxylic acids is 1. The molecule has 0 aromatic heterocycles. The van der Waals surface area contributed by atoms with Crippen molar-refractivity contribution in [3.05, 3.63) is 90.0 Å². The quantitative estimate of drug-likeness (QED) is 0.239. The van der Waals surface area contributed by atoms with Crippen LogP contribution in [0.25, 0.3) is 0 Å². The second-order valence-electron chi connectivity index (χ2n) is 6.68. The van der Waals surface area contributed by atoms with E-state index in [1.165, 1.54) is 11.8 Å². The van der Waals surface area contributed by atoms with Crippen LogP contribution in [-0.4, -0.2) is 22.9 Å². The number of aliphatic imine (C=N–C) groups is 1. The van der Waals surface area contributed by atoms with Crippen molar-refractivity contribution in [3.63, 3.8) is 0 Å². The van der Waals surface area contributed by atoms with E-state index in [4.69, 9.17) is 11.5 Å². The van der Waals surface area contributed by atoms with Crippen molar-refractivity contribution in [3.8, 4) is 0 Å². The summed E-state index contributed by atoms with van der Waals surface area (Å²) >= 11 is 1.47. The summed E-state index contributed by atoms with van der Waals surface area (Å²) in [4.78, 5) is 28.6. The Morgan fingerprint density at radius 2 is 1.58 bits per heavy atom. The average Bonchev–Trinajstić information content (AvgIpc) is 2.75. The molecule has 1 amide bonds. The third-order valence-corrected chi connectivity index (χ3v) is 5.58. The molecule has 0 heterocycles. The van der Waals surface area contributed by atoms with Crippen LogP contribution in [0.4, 0.5) is 11.4 Å². The van der Waals surface area contributed by atoms with E-state index in [1.54, 1.807) is 36.4 Å². The van der Waals surface area contributed by atoms with Gasteiger partial charge >= 0.3 is 5.97 Å². The number of rotatable bonds is 8. The van der Waals surface area contributed by atoms with Gasteiger partial charge in [-0.3, -0.25) is 9.59 Å². The number of carboxylic acids is 1. The fourth-order valence-corrected chi connectivity index (χ4v) is 4.02. The Balaban J connectivity index is 1.65. The fraction of sp³-hybridized carbons (Fsp3) is 0.0870. The summed E-state index contributed by atoms with van der Waals surface area (Å²) in [6.45, 7) is 0. The first-order valence-electron chi connectivity index (χ1n) is 9.45. The highest BCUT2D eigenvalue weighted by atomic mass is 32.2. The third-order valence-electron chi connectivity index (χ3n) is 4.31. The molecule has 0 aliphatic rings. The van der Waals surface area contributed by atoms with Gasteiger partial charge in [-0.1, -0.05) is 30.3 Å². The van der Waals surface area contributed by atoms with E-state index in [2.05, 4.69) is 10.3 Å². The average molecular weight is 435 g/mol. The lowest BCUT2D eigenvalue weighted by Crippen LogP contribution is -2.21. The highest BCUT2D eigenvalue weighted by molar-refractivity contribution is 7.99. The summed E-state index contributed by atoms with van der Waals surface area (Å²) in [6.07, 6.45) is 0.0169. The predicted octanol–water partition coefficient (Wildman–Crippen LogP) is 4.15. The minimum absolute atomic E-state index is 0.0169. The lowest BCUT2D eigenvalue weighted by Gasteiger charge is -2.15. The van der Waals surface area contributed by atoms with E-state index in [1.807, 2.05) is 42.5 Å². The zero-order valence-corrected chi connectivity index (χ0v) is 17.4. The molecule has 6 N–H and O–H groups in total. The molecule has 3 aromatic rings. The Morgan fingerprint density at radius 1 is 0.935 bits per heavy atom. The van der Waals surface area contributed by atoms with Crippen molar-refractivity contribution in [1.82, 2.24) is 0 Å². The zero-order chi connectivity index (χ0) is 22.2. The van der Waals surface area contributed by atoms with Gasteiger partial charge in [-0.15, -0.1) is 11.8 Å². The first kappa shape index (κ1) is 21.9. The number of guanidine groups is 1. The van der Waals surface area contributed by atoms with Crippen molar-refractivity contribution >= 4 is 41.0 Å². The van der Waals surface area contributed by atoms with Gasteiger partial charge in [0, 0.05) is 21.4 Å². The lowest BCUT2D eigenvalue weighted by atomic mass is 10.1. The molecular formula is C23H22N4O3S. The van der Waals surface area contributed by atoms with Crippen LogP contribution in [0, 0.1) is 0 Å². The number of benzene rings is 3. The van der Waals surface area contributed by atoms with E-state index < -0.39 is 5.97 Å². The van der Waals surface area contributed by atoms with Gasteiger partial charge < -0.3 is 21.9 Å². The van der Waals surface area contributed by atoms with Crippen LogP contribution in [0.15, 0.2) is 88.8 Å². The Labute approximate surface area is 184 Å². The molecule has 158 valence electrons. The third kappa shape index (κ3) is 6.61. The molecule has 0 fully saturated rings. The van der Waals surface area contributed by atoms with Crippen LogP contribution in [0.5, 0.6) is 0 Å². The maximum absolute atomic E-state index is 12.4. The summed E-state index contributed by atoms with van der Waals surface area (Å²) in [5.74, 6) is -1.16. The number of hydrogen-bond donors (Lipinski definition) is 4. The van der Waals surface area contributed by atoms with Gasteiger partial charge in [-0.05, 0) is 54.1 Å². The van der Waals surface area contributed by atoms with Gasteiger partial charge in [0.15, 0.2) is 5.96 Å². The van der Waals surface area contributed by atoms with Gasteiger partial charge in [0.1, 0.15) is 0 Å². The first-order chi connectivity index (χ1) is 14.9. The molecule has 1 unspecified atom stereocenters. The van der Waals surface area contributed by atoms with Gasteiger partial charge in [0.2, 0.25) is 0 Å². The number of nitrogens with zero attached hydrogens (tertiary/aromatic N) is 1. The molecular weight excluding hydrogens is 412 g/mol. The molecule has 8 heteroatoms. The number of nitrogens with two attached hydrogens (primary N) is 2. The van der Waals surface area contributed by atoms with Crippen LogP contribution in [0.1, 0.15) is 27.6 Å². The molecule has 0 aliphatic carbocycles. The molecule has 0 aliphatic heterocycles. The number of anilines is 1. The Morgan fingerprint density at radius 3 is 2.16 bits per heavy atom. The van der Waals surface area contributed by atoms with E-state index in [-0.39, 0.29) is 23.5 Å². The summed E-state index contributed by atoms with van der Waals surface area (Å²) in [5, 5.41) is 11.9. The topological polar surface area (TPSA) is 131 Å². The lowest BCUT2D eigenvalue weighted by molar-refractivity contribution is -0.137. The normalized spacial score (nSPS) is 11.4. The largest absolute Gasteiger partial charge is 0.481 e. The number of thioether (sulfide) groups is 1. The maximum atomic E-state index is 12.4. The van der Waals surface area contributed by atoms with Crippen molar-refractivity contribution in [2.45, 2.75) is 16.6 Å². The Hall–Kier alpha value is -3.78. The number of nitrogens with one attached hydrogen (secondary N) is 1. The number of aliphatic carboxylic acids is 1. The first-order valence-corrected chi connectivity index (χ1v) is 10.3. The smallest absolute Gasteiger partial charge is 0.304 e. The molecule has 0 radical (unpaired) electrons. The Bertz CT molecular complexity index is 1060. The van der Waals surface area contributed by atoms with Crippen LogP contribution in [-0.2, 0) is 4.79 Å². The number of amides is 1. The zero-order valence-electron chi connectivity index (χ0n) is 16.6. The molecule has 3 aromatic carbocycles. The van der Waals surface area contributed by atoms with Crippen LogP contribution >= 0.6 is 11.8 Å². The van der Waals surface area contributed by atoms with Crippen molar-refractivity contribution in [1.29, 1.82) is 0 Å². The molecule has 0 saturated carbocycles. The predicted molar refractivity (Wildman–Crippen MR) is 124 cm³/mol.